The summed E-state index contributed by atoms with van der Waals surface area (Å²) in [7, 11) is 0. The maximum absolute atomic E-state index is 12.5. The monoisotopic (exact) mass is 359 g/mol. The number of hydrogen-bond acceptors (Lipinski definition) is 3. The molecule has 1 N–H and O–H groups in total. The molecule has 0 aromatic carbocycles. The molecule has 4 heteroatoms. The van der Waals surface area contributed by atoms with Crippen molar-refractivity contribution >= 4 is 5.97 Å². The normalized spacial score (nSPS) is 25.0. The molecule has 0 saturated heterocycles. The molecule has 1 saturated carbocycles. The van der Waals surface area contributed by atoms with Gasteiger partial charge >= 0.3 is 5.97 Å². The van der Waals surface area contributed by atoms with Crippen molar-refractivity contribution in [2.75, 3.05) is 6.61 Å². The second-order valence-corrected chi connectivity index (χ2v) is 9.49. The highest BCUT2D eigenvalue weighted by molar-refractivity contribution is 5.89. The van der Waals surface area contributed by atoms with Crippen LogP contribution in [0.25, 0.3) is 0 Å². The van der Waals surface area contributed by atoms with Gasteiger partial charge in [0.15, 0.2) is 0 Å². The second kappa shape index (κ2) is 7.58. The first-order valence-corrected chi connectivity index (χ1v) is 10.2. The van der Waals surface area contributed by atoms with Crippen molar-refractivity contribution < 1.29 is 9.53 Å². The predicted molar refractivity (Wildman–Crippen MR) is 103 cm³/mol. The summed E-state index contributed by atoms with van der Waals surface area (Å²) < 4.78 is 5.55. The Morgan fingerprint density at radius 2 is 2.12 bits per heavy atom. The number of rotatable bonds is 4. The van der Waals surface area contributed by atoms with Crippen LogP contribution in [-0.4, -0.2) is 17.6 Å². The van der Waals surface area contributed by atoms with Crippen LogP contribution in [0.3, 0.4) is 0 Å². The predicted octanol–water partition coefficient (Wildman–Crippen LogP) is 4.51. The van der Waals surface area contributed by atoms with Crippen LogP contribution in [0.15, 0.2) is 10.9 Å². The van der Waals surface area contributed by atoms with Crippen LogP contribution in [0.2, 0.25) is 0 Å². The van der Waals surface area contributed by atoms with Gasteiger partial charge in [-0.2, -0.15) is 0 Å². The molecule has 0 radical (unpaired) electrons. The average Bonchev–Trinajstić information content (AvgIpc) is 2.57. The quantitative estimate of drug-likeness (QED) is 0.805. The maximum Gasteiger partial charge on any atom is 0.343 e. The molecule has 144 valence electrons. The number of aromatic nitrogens is 1. The summed E-state index contributed by atoms with van der Waals surface area (Å²) in [5, 5.41) is 0. The smallest absolute Gasteiger partial charge is 0.343 e. The SMILES string of the molecule is CC(C)C1CCc2[nH]c(=O)c(C(=O)OCC3CCCC(C)(C)C3)cc2C1. The van der Waals surface area contributed by atoms with Crippen molar-refractivity contribution in [1.82, 2.24) is 4.98 Å². The first kappa shape index (κ1) is 19.2. The van der Waals surface area contributed by atoms with Crippen molar-refractivity contribution in [3.63, 3.8) is 0 Å². The number of nitrogens with one attached hydrogen (secondary N) is 1. The Bertz CT molecular complexity index is 717. The number of carbonyl (C=O) groups excluding carboxylic acids is 1. The minimum atomic E-state index is -0.468. The number of carbonyl (C=O) groups is 1. The molecule has 1 heterocycles. The number of aryl methyl sites for hydroxylation is 1. The van der Waals surface area contributed by atoms with E-state index < -0.39 is 5.97 Å². The van der Waals surface area contributed by atoms with Gasteiger partial charge in [0.25, 0.3) is 5.56 Å². The fourth-order valence-electron chi connectivity index (χ4n) is 4.72. The molecule has 1 aromatic heterocycles. The first-order chi connectivity index (χ1) is 12.2. The van der Waals surface area contributed by atoms with Gasteiger partial charge in [0.1, 0.15) is 5.56 Å². The van der Waals surface area contributed by atoms with E-state index in [1.807, 2.05) is 0 Å². The van der Waals surface area contributed by atoms with E-state index >= 15 is 0 Å². The second-order valence-electron chi connectivity index (χ2n) is 9.49. The van der Waals surface area contributed by atoms with E-state index in [0.29, 0.717) is 29.8 Å². The molecule has 2 aliphatic rings. The molecule has 0 spiro atoms. The number of fused-ring (bicyclic) bond motifs is 1. The van der Waals surface area contributed by atoms with E-state index in [1.165, 1.54) is 12.8 Å². The van der Waals surface area contributed by atoms with Crippen LogP contribution in [0.4, 0.5) is 0 Å². The Morgan fingerprint density at radius 1 is 1.35 bits per heavy atom. The van der Waals surface area contributed by atoms with Gasteiger partial charge in [0.05, 0.1) is 6.61 Å². The molecular formula is C22H33NO3. The van der Waals surface area contributed by atoms with Crippen LogP contribution >= 0.6 is 0 Å². The van der Waals surface area contributed by atoms with Gasteiger partial charge in [-0.3, -0.25) is 4.79 Å². The molecule has 3 rings (SSSR count). The summed E-state index contributed by atoms with van der Waals surface area (Å²) >= 11 is 0. The van der Waals surface area contributed by atoms with E-state index in [-0.39, 0.29) is 11.1 Å². The van der Waals surface area contributed by atoms with Crippen molar-refractivity contribution in [2.24, 2.45) is 23.2 Å². The third-order valence-electron chi connectivity index (χ3n) is 6.38. The highest BCUT2D eigenvalue weighted by Crippen LogP contribution is 2.38. The lowest BCUT2D eigenvalue weighted by atomic mass is 9.72. The third-order valence-corrected chi connectivity index (χ3v) is 6.38. The van der Waals surface area contributed by atoms with Crippen LogP contribution in [0, 0.1) is 23.2 Å². The Kier molecular flexibility index (Phi) is 5.59. The number of aromatic amines is 1. The van der Waals surface area contributed by atoms with Gasteiger partial charge in [-0.1, -0.05) is 34.1 Å². The van der Waals surface area contributed by atoms with Crippen LogP contribution in [-0.2, 0) is 17.6 Å². The molecule has 0 amide bonds. The summed E-state index contributed by atoms with van der Waals surface area (Å²) in [6, 6.07) is 1.79. The zero-order valence-electron chi connectivity index (χ0n) is 16.7. The van der Waals surface area contributed by atoms with Gasteiger partial charge in [-0.25, -0.2) is 4.79 Å². The zero-order chi connectivity index (χ0) is 18.9. The van der Waals surface area contributed by atoms with Crippen molar-refractivity contribution in [3.05, 3.63) is 33.2 Å². The third kappa shape index (κ3) is 4.39. The summed E-state index contributed by atoms with van der Waals surface area (Å²) in [4.78, 5) is 27.8. The summed E-state index contributed by atoms with van der Waals surface area (Å²) in [5.74, 6) is 1.16. The van der Waals surface area contributed by atoms with Crippen LogP contribution < -0.4 is 5.56 Å². The molecule has 0 bridgehead atoms. The molecule has 1 aromatic rings. The summed E-state index contributed by atoms with van der Waals surface area (Å²) in [6.07, 6.45) is 7.52. The van der Waals surface area contributed by atoms with E-state index in [2.05, 4.69) is 32.7 Å². The highest BCUT2D eigenvalue weighted by Gasteiger charge is 2.29. The molecule has 2 atom stereocenters. The van der Waals surface area contributed by atoms with E-state index in [4.69, 9.17) is 4.74 Å². The Labute approximate surface area is 156 Å². The Hall–Kier alpha value is -1.58. The van der Waals surface area contributed by atoms with E-state index in [1.54, 1.807) is 6.07 Å². The number of esters is 1. The number of ether oxygens (including phenoxy) is 1. The lowest BCUT2D eigenvalue weighted by molar-refractivity contribution is 0.0339. The summed E-state index contributed by atoms with van der Waals surface area (Å²) in [6.45, 7) is 9.46. The maximum atomic E-state index is 12.5. The fraction of sp³-hybridized carbons (Fsp3) is 0.727. The molecule has 1 fully saturated rings. The molecule has 2 unspecified atom stereocenters. The van der Waals surface area contributed by atoms with Crippen LogP contribution in [0.1, 0.15) is 81.4 Å². The van der Waals surface area contributed by atoms with Crippen molar-refractivity contribution in [3.8, 4) is 0 Å². The standard InChI is InChI=1S/C22H33NO3/c1-14(2)16-7-8-19-17(10-16)11-18(20(24)23-19)21(25)26-13-15-6-5-9-22(3,4)12-15/h11,14-16H,5-10,12-13H2,1-4H3,(H,23,24). The molecule has 26 heavy (non-hydrogen) atoms. The molecule has 2 aliphatic carbocycles. The topological polar surface area (TPSA) is 59.2 Å². The van der Waals surface area contributed by atoms with E-state index in [9.17, 15) is 9.59 Å². The van der Waals surface area contributed by atoms with Gasteiger partial charge in [-0.15, -0.1) is 0 Å². The van der Waals surface area contributed by atoms with Crippen molar-refractivity contribution in [1.29, 1.82) is 0 Å². The van der Waals surface area contributed by atoms with Gasteiger partial charge < -0.3 is 9.72 Å². The Balaban J connectivity index is 1.68. The Morgan fingerprint density at radius 3 is 2.81 bits per heavy atom. The first-order valence-electron chi connectivity index (χ1n) is 10.2. The van der Waals surface area contributed by atoms with E-state index in [0.717, 1.165) is 43.4 Å². The molecule has 4 nitrogen and oxygen atoms in total. The van der Waals surface area contributed by atoms with Gasteiger partial charge in [0.2, 0.25) is 0 Å². The summed E-state index contributed by atoms with van der Waals surface area (Å²) in [5.41, 5.74) is 2.30. The highest BCUT2D eigenvalue weighted by atomic mass is 16.5. The average molecular weight is 360 g/mol. The minimum absolute atomic E-state index is 0.170. The molecular weight excluding hydrogens is 326 g/mol. The minimum Gasteiger partial charge on any atom is -0.462 e. The van der Waals surface area contributed by atoms with Gasteiger partial charge in [0, 0.05) is 5.69 Å². The van der Waals surface area contributed by atoms with Crippen molar-refractivity contribution in [2.45, 2.75) is 72.6 Å². The molecule has 0 aliphatic heterocycles. The largest absolute Gasteiger partial charge is 0.462 e. The number of hydrogen-bond donors (Lipinski definition) is 1. The van der Waals surface area contributed by atoms with Gasteiger partial charge in [-0.05, 0) is 73.3 Å². The van der Waals surface area contributed by atoms with Crippen LogP contribution in [0.5, 0.6) is 0 Å². The fourth-order valence-corrected chi connectivity index (χ4v) is 4.72. The lowest BCUT2D eigenvalue weighted by Gasteiger charge is -2.34. The number of pyridine rings is 1. The zero-order valence-corrected chi connectivity index (χ0v) is 16.7. The lowest BCUT2D eigenvalue weighted by Crippen LogP contribution is -2.29. The number of H-pyrrole nitrogens is 1.